The van der Waals surface area contributed by atoms with Crippen LogP contribution in [0.3, 0.4) is 0 Å². The summed E-state index contributed by atoms with van der Waals surface area (Å²) < 4.78 is 5.25. The summed E-state index contributed by atoms with van der Waals surface area (Å²) in [4.78, 5) is 22.8. The van der Waals surface area contributed by atoms with E-state index in [2.05, 4.69) is 25.6 Å². The predicted octanol–water partition coefficient (Wildman–Crippen LogP) is 2.18. The van der Waals surface area contributed by atoms with Crippen LogP contribution in [0, 0.1) is 0 Å². The largest absolute Gasteiger partial charge is 0.467 e. The summed E-state index contributed by atoms with van der Waals surface area (Å²) in [5.41, 5.74) is 0.890. The number of anilines is 1. The molecule has 108 valence electrons. The Balaban J connectivity index is 1.96. The minimum atomic E-state index is -0.235. The summed E-state index contributed by atoms with van der Waals surface area (Å²) in [6.45, 7) is 0.454. The number of fused-ring (bicyclic) bond motifs is 1. The smallest absolute Gasteiger partial charge is 0.267 e. The normalized spacial score (nSPS) is 10.8. The van der Waals surface area contributed by atoms with E-state index in [-0.39, 0.29) is 11.2 Å². The summed E-state index contributed by atoms with van der Waals surface area (Å²) in [7, 11) is 1.56. The van der Waals surface area contributed by atoms with Gasteiger partial charge in [-0.15, -0.1) is 0 Å². The molecule has 0 aliphatic heterocycles. The highest BCUT2D eigenvalue weighted by Crippen LogP contribution is 2.23. The average Bonchev–Trinajstić information content (AvgIpc) is 3.12. The van der Waals surface area contributed by atoms with Crippen molar-refractivity contribution in [2.24, 2.45) is 0 Å². The van der Waals surface area contributed by atoms with Crippen LogP contribution >= 0.6 is 11.6 Å². The Morgan fingerprint density at radius 1 is 1.48 bits per heavy atom. The fourth-order valence-electron chi connectivity index (χ4n) is 1.96. The van der Waals surface area contributed by atoms with Gasteiger partial charge in [0.15, 0.2) is 0 Å². The zero-order chi connectivity index (χ0) is 14.8. The first-order valence-corrected chi connectivity index (χ1v) is 6.60. The van der Waals surface area contributed by atoms with Crippen LogP contribution in [0.2, 0.25) is 5.28 Å². The van der Waals surface area contributed by atoms with Crippen molar-refractivity contribution in [3.63, 3.8) is 0 Å². The van der Waals surface area contributed by atoms with E-state index in [0.29, 0.717) is 29.1 Å². The number of hydrogen-bond donors (Lipinski definition) is 3. The molecule has 0 aromatic carbocycles. The molecule has 3 N–H and O–H groups in total. The lowest BCUT2D eigenvalue weighted by molar-refractivity contribution is 0.0959. The molecule has 3 aromatic heterocycles. The Labute approximate surface area is 124 Å². The molecule has 0 saturated carbocycles. The molecule has 0 aliphatic rings. The van der Waals surface area contributed by atoms with Crippen molar-refractivity contribution in [3.05, 3.63) is 41.2 Å². The highest BCUT2D eigenvalue weighted by atomic mass is 35.5. The number of rotatable bonds is 4. The minimum Gasteiger partial charge on any atom is -0.467 e. The van der Waals surface area contributed by atoms with Crippen molar-refractivity contribution >= 4 is 34.4 Å². The van der Waals surface area contributed by atoms with Gasteiger partial charge in [-0.25, -0.2) is 4.98 Å². The molecule has 0 fully saturated rings. The van der Waals surface area contributed by atoms with Gasteiger partial charge >= 0.3 is 0 Å². The van der Waals surface area contributed by atoms with Crippen LogP contribution in [-0.2, 0) is 6.54 Å². The SMILES string of the molecule is CNC(=O)c1cc2c(NCc3ccco3)nc(Cl)nc2[nH]1. The van der Waals surface area contributed by atoms with Crippen molar-refractivity contribution < 1.29 is 9.21 Å². The van der Waals surface area contributed by atoms with Gasteiger partial charge in [0, 0.05) is 7.05 Å². The van der Waals surface area contributed by atoms with Crippen LogP contribution in [0.1, 0.15) is 16.2 Å². The summed E-state index contributed by atoms with van der Waals surface area (Å²) in [5, 5.41) is 6.44. The van der Waals surface area contributed by atoms with Gasteiger partial charge in [-0.05, 0) is 29.8 Å². The molecule has 0 saturated heterocycles. The van der Waals surface area contributed by atoms with Gasteiger partial charge < -0.3 is 20.0 Å². The number of nitrogens with one attached hydrogen (secondary N) is 3. The molecule has 0 bridgehead atoms. The van der Waals surface area contributed by atoms with Gasteiger partial charge in [-0.3, -0.25) is 4.79 Å². The molecule has 0 spiro atoms. The second-order valence-electron chi connectivity index (χ2n) is 4.30. The van der Waals surface area contributed by atoms with Crippen molar-refractivity contribution in [2.45, 2.75) is 6.54 Å². The lowest BCUT2D eigenvalue weighted by Gasteiger charge is -2.04. The van der Waals surface area contributed by atoms with Gasteiger partial charge in [0.1, 0.15) is 22.9 Å². The van der Waals surface area contributed by atoms with E-state index in [4.69, 9.17) is 16.0 Å². The van der Waals surface area contributed by atoms with E-state index in [9.17, 15) is 4.79 Å². The van der Waals surface area contributed by atoms with Crippen molar-refractivity contribution in [1.82, 2.24) is 20.3 Å². The van der Waals surface area contributed by atoms with E-state index in [1.54, 1.807) is 25.4 Å². The molecule has 3 aromatic rings. The maximum atomic E-state index is 11.7. The number of amides is 1. The molecule has 0 unspecified atom stereocenters. The first kappa shape index (κ1) is 13.4. The van der Waals surface area contributed by atoms with Crippen molar-refractivity contribution in [3.8, 4) is 0 Å². The number of aromatic nitrogens is 3. The second kappa shape index (κ2) is 5.45. The Morgan fingerprint density at radius 3 is 3.05 bits per heavy atom. The third kappa shape index (κ3) is 2.68. The Morgan fingerprint density at radius 2 is 2.33 bits per heavy atom. The van der Waals surface area contributed by atoms with Crippen molar-refractivity contribution in [2.75, 3.05) is 12.4 Å². The van der Waals surface area contributed by atoms with E-state index in [1.807, 2.05) is 6.07 Å². The maximum Gasteiger partial charge on any atom is 0.267 e. The standard InChI is InChI=1S/C13H12ClN5O2/c1-15-12(20)9-5-8-10(16-6-7-3-2-4-21-7)18-13(14)19-11(8)17-9/h2-5H,6H2,1H3,(H,15,20)(H2,16,17,18,19). The molecular formula is C13H12ClN5O2. The quantitative estimate of drug-likeness (QED) is 0.642. The fourth-order valence-corrected chi connectivity index (χ4v) is 2.13. The molecule has 3 rings (SSSR count). The van der Waals surface area contributed by atoms with Crippen LogP contribution in [0.4, 0.5) is 5.82 Å². The summed E-state index contributed by atoms with van der Waals surface area (Å²) in [6, 6.07) is 5.33. The van der Waals surface area contributed by atoms with Gasteiger partial charge in [-0.2, -0.15) is 4.98 Å². The first-order valence-electron chi connectivity index (χ1n) is 6.22. The molecule has 0 atom stereocenters. The maximum absolute atomic E-state index is 11.7. The first-order chi connectivity index (χ1) is 10.2. The van der Waals surface area contributed by atoms with Crippen LogP contribution in [0.15, 0.2) is 28.9 Å². The van der Waals surface area contributed by atoms with E-state index < -0.39 is 0 Å². The Bertz CT molecular complexity index is 781. The molecule has 1 amide bonds. The number of H-pyrrole nitrogens is 1. The summed E-state index contributed by atoms with van der Waals surface area (Å²) in [6.07, 6.45) is 1.60. The van der Waals surface area contributed by atoms with Gasteiger partial charge in [-0.1, -0.05) is 0 Å². The molecule has 0 aliphatic carbocycles. The van der Waals surface area contributed by atoms with Crippen LogP contribution in [0.25, 0.3) is 11.0 Å². The number of nitrogens with zero attached hydrogens (tertiary/aromatic N) is 2. The Hall–Kier alpha value is -2.54. The molecule has 3 heterocycles. The Kier molecular flexibility index (Phi) is 3.49. The van der Waals surface area contributed by atoms with Gasteiger partial charge in [0.25, 0.3) is 5.91 Å². The molecule has 0 radical (unpaired) electrons. The van der Waals surface area contributed by atoms with E-state index >= 15 is 0 Å². The summed E-state index contributed by atoms with van der Waals surface area (Å²) >= 11 is 5.90. The number of carbonyl (C=O) groups is 1. The third-order valence-corrected chi connectivity index (χ3v) is 3.11. The minimum absolute atomic E-state index is 0.0924. The number of aromatic amines is 1. The fraction of sp³-hybridized carbons (Fsp3) is 0.154. The van der Waals surface area contributed by atoms with E-state index in [1.165, 1.54) is 0 Å². The molecule has 7 nitrogen and oxygen atoms in total. The summed E-state index contributed by atoms with van der Waals surface area (Å²) in [5.74, 6) is 1.06. The highest BCUT2D eigenvalue weighted by Gasteiger charge is 2.14. The van der Waals surface area contributed by atoms with Crippen LogP contribution in [0.5, 0.6) is 0 Å². The lowest BCUT2D eigenvalue weighted by atomic mass is 10.3. The average molecular weight is 306 g/mol. The number of halogens is 1. The van der Waals surface area contributed by atoms with Crippen molar-refractivity contribution in [1.29, 1.82) is 0 Å². The number of furan rings is 1. The van der Waals surface area contributed by atoms with Crippen LogP contribution in [-0.4, -0.2) is 27.9 Å². The van der Waals surface area contributed by atoms with E-state index in [0.717, 1.165) is 5.76 Å². The molecule has 21 heavy (non-hydrogen) atoms. The predicted molar refractivity (Wildman–Crippen MR) is 78.3 cm³/mol. The van der Waals surface area contributed by atoms with Crippen LogP contribution < -0.4 is 10.6 Å². The zero-order valence-electron chi connectivity index (χ0n) is 11.1. The number of carbonyl (C=O) groups excluding carboxylic acids is 1. The third-order valence-electron chi connectivity index (χ3n) is 2.94. The highest BCUT2D eigenvalue weighted by molar-refractivity contribution is 6.28. The molecular weight excluding hydrogens is 294 g/mol. The van der Waals surface area contributed by atoms with Gasteiger partial charge in [0.05, 0.1) is 18.2 Å². The number of hydrogen-bond acceptors (Lipinski definition) is 5. The van der Waals surface area contributed by atoms with Gasteiger partial charge in [0.2, 0.25) is 5.28 Å². The lowest BCUT2D eigenvalue weighted by Crippen LogP contribution is -2.17. The molecule has 8 heteroatoms. The second-order valence-corrected chi connectivity index (χ2v) is 4.64. The zero-order valence-corrected chi connectivity index (χ0v) is 11.9. The monoisotopic (exact) mass is 305 g/mol. The topological polar surface area (TPSA) is 95.8 Å².